The highest BCUT2D eigenvalue weighted by Crippen LogP contribution is 2.39. The first-order chi connectivity index (χ1) is 9.11. The number of nitrogens with two attached hydrogens (primary N) is 1. The fourth-order valence-electron chi connectivity index (χ4n) is 1.85. The van der Waals surface area contributed by atoms with Crippen molar-refractivity contribution in [3.63, 3.8) is 0 Å². The molecule has 6 heteroatoms. The van der Waals surface area contributed by atoms with Crippen LogP contribution in [0.3, 0.4) is 0 Å². The molecule has 2 N–H and O–H groups in total. The maximum Gasteiger partial charge on any atom is 0.307 e. The van der Waals surface area contributed by atoms with E-state index in [2.05, 4.69) is 4.74 Å². The Bertz CT molecular complexity index is 478. The average molecular weight is 286 g/mol. The minimum atomic E-state index is -0.484. The molecule has 1 heterocycles. The number of methoxy groups -OCH3 is 1. The molecule has 5 nitrogen and oxygen atoms in total. The molecule has 0 amide bonds. The first-order valence-corrected chi connectivity index (χ1v) is 6.41. The van der Waals surface area contributed by atoms with Gasteiger partial charge in [0, 0.05) is 12.5 Å². The molecular weight excluding hydrogens is 270 g/mol. The quantitative estimate of drug-likeness (QED) is 0.861. The van der Waals surface area contributed by atoms with Gasteiger partial charge in [-0.05, 0) is 17.7 Å². The Kier molecular flexibility index (Phi) is 4.50. The largest absolute Gasteiger partial charge is 0.489 e. The van der Waals surface area contributed by atoms with E-state index in [1.54, 1.807) is 12.1 Å². The Balaban J connectivity index is 2.25. The number of rotatable bonds is 3. The van der Waals surface area contributed by atoms with Crippen LogP contribution in [0, 0.1) is 0 Å². The second-order valence-electron chi connectivity index (χ2n) is 4.27. The van der Waals surface area contributed by atoms with Crippen molar-refractivity contribution in [1.29, 1.82) is 0 Å². The Hall–Kier alpha value is -1.46. The van der Waals surface area contributed by atoms with Crippen LogP contribution >= 0.6 is 11.6 Å². The molecule has 0 saturated carbocycles. The van der Waals surface area contributed by atoms with Gasteiger partial charge >= 0.3 is 5.97 Å². The molecule has 0 unspecified atom stereocenters. The van der Waals surface area contributed by atoms with Crippen LogP contribution in [0.5, 0.6) is 11.5 Å². The summed E-state index contributed by atoms with van der Waals surface area (Å²) < 4.78 is 15.7. The van der Waals surface area contributed by atoms with Gasteiger partial charge < -0.3 is 19.9 Å². The van der Waals surface area contributed by atoms with Gasteiger partial charge in [0.1, 0.15) is 0 Å². The summed E-state index contributed by atoms with van der Waals surface area (Å²) in [5, 5.41) is 0.440. The van der Waals surface area contributed by atoms with E-state index in [0.717, 1.165) is 12.0 Å². The SMILES string of the molecule is COC(=O)C[C@@H](N)c1cc(Cl)c2c(c1)OCCCO2. The van der Waals surface area contributed by atoms with Crippen LogP contribution in [0.1, 0.15) is 24.4 Å². The molecule has 0 bridgehead atoms. The van der Waals surface area contributed by atoms with Crippen molar-refractivity contribution < 1.29 is 19.0 Å². The molecule has 0 aromatic heterocycles. The van der Waals surface area contributed by atoms with Crippen LogP contribution in [-0.4, -0.2) is 26.3 Å². The van der Waals surface area contributed by atoms with E-state index in [0.29, 0.717) is 29.7 Å². The molecule has 1 aliphatic heterocycles. The summed E-state index contributed by atoms with van der Waals surface area (Å²) in [6.45, 7) is 1.14. The van der Waals surface area contributed by atoms with E-state index in [1.165, 1.54) is 7.11 Å². The summed E-state index contributed by atoms with van der Waals surface area (Å²) >= 11 is 6.16. The van der Waals surface area contributed by atoms with Crippen molar-refractivity contribution in [2.75, 3.05) is 20.3 Å². The van der Waals surface area contributed by atoms with E-state index in [-0.39, 0.29) is 12.4 Å². The molecule has 0 saturated heterocycles. The molecule has 0 radical (unpaired) electrons. The second kappa shape index (κ2) is 6.12. The Morgan fingerprint density at radius 1 is 1.47 bits per heavy atom. The van der Waals surface area contributed by atoms with Crippen molar-refractivity contribution in [2.45, 2.75) is 18.9 Å². The molecule has 1 aromatic rings. The number of carbonyl (C=O) groups excluding carboxylic acids is 1. The topological polar surface area (TPSA) is 70.8 Å². The number of benzene rings is 1. The molecule has 1 aromatic carbocycles. The van der Waals surface area contributed by atoms with E-state index in [9.17, 15) is 4.79 Å². The smallest absolute Gasteiger partial charge is 0.307 e. The number of esters is 1. The fraction of sp³-hybridized carbons (Fsp3) is 0.462. The summed E-state index contributed by atoms with van der Waals surface area (Å²) in [5.74, 6) is 0.740. The first kappa shape index (κ1) is 14.0. The number of fused-ring (bicyclic) bond motifs is 1. The van der Waals surface area contributed by atoms with Crippen molar-refractivity contribution in [2.24, 2.45) is 5.73 Å². The van der Waals surface area contributed by atoms with Gasteiger partial charge in [-0.2, -0.15) is 0 Å². The number of halogens is 1. The van der Waals surface area contributed by atoms with Gasteiger partial charge in [0.25, 0.3) is 0 Å². The van der Waals surface area contributed by atoms with Gasteiger partial charge in [0.15, 0.2) is 11.5 Å². The highest BCUT2D eigenvalue weighted by atomic mass is 35.5. The highest BCUT2D eigenvalue weighted by Gasteiger charge is 2.19. The van der Waals surface area contributed by atoms with Gasteiger partial charge in [0.2, 0.25) is 0 Å². The third kappa shape index (κ3) is 3.30. The third-order valence-corrected chi connectivity index (χ3v) is 3.15. The maximum absolute atomic E-state index is 11.2. The number of hydrogen-bond acceptors (Lipinski definition) is 5. The van der Waals surface area contributed by atoms with E-state index >= 15 is 0 Å². The van der Waals surface area contributed by atoms with Crippen LogP contribution in [0.25, 0.3) is 0 Å². The zero-order valence-electron chi connectivity index (χ0n) is 10.6. The van der Waals surface area contributed by atoms with E-state index in [1.807, 2.05) is 0 Å². The van der Waals surface area contributed by atoms with Gasteiger partial charge in [-0.1, -0.05) is 11.6 Å². The van der Waals surface area contributed by atoms with Crippen molar-refractivity contribution >= 4 is 17.6 Å². The van der Waals surface area contributed by atoms with Crippen LogP contribution in [-0.2, 0) is 9.53 Å². The number of ether oxygens (including phenoxy) is 3. The monoisotopic (exact) mass is 285 g/mol. The lowest BCUT2D eigenvalue weighted by molar-refractivity contribution is -0.141. The van der Waals surface area contributed by atoms with Crippen molar-refractivity contribution in [3.05, 3.63) is 22.7 Å². The van der Waals surface area contributed by atoms with Crippen LogP contribution in [0.2, 0.25) is 5.02 Å². The molecule has 0 aliphatic carbocycles. The van der Waals surface area contributed by atoms with Gasteiger partial charge in [-0.3, -0.25) is 4.79 Å². The normalized spacial score (nSPS) is 15.5. The third-order valence-electron chi connectivity index (χ3n) is 2.87. The molecule has 1 aliphatic rings. The highest BCUT2D eigenvalue weighted by molar-refractivity contribution is 6.32. The zero-order valence-corrected chi connectivity index (χ0v) is 11.4. The molecular formula is C13H16ClNO4. The summed E-state index contributed by atoms with van der Waals surface area (Å²) in [5.41, 5.74) is 6.68. The molecule has 0 fully saturated rings. The maximum atomic E-state index is 11.2. The fourth-order valence-corrected chi connectivity index (χ4v) is 2.12. The lowest BCUT2D eigenvalue weighted by Gasteiger charge is -2.15. The van der Waals surface area contributed by atoms with Crippen molar-refractivity contribution in [3.8, 4) is 11.5 Å². The van der Waals surface area contributed by atoms with Gasteiger partial charge in [0.05, 0.1) is 31.8 Å². The molecule has 2 rings (SSSR count). The lowest BCUT2D eigenvalue weighted by Crippen LogP contribution is -2.16. The van der Waals surface area contributed by atoms with E-state index in [4.69, 9.17) is 26.8 Å². The van der Waals surface area contributed by atoms with Crippen LogP contribution in [0.4, 0.5) is 0 Å². The lowest BCUT2D eigenvalue weighted by atomic mass is 10.0. The first-order valence-electron chi connectivity index (χ1n) is 6.03. The minimum absolute atomic E-state index is 0.0898. The van der Waals surface area contributed by atoms with Gasteiger partial charge in [-0.15, -0.1) is 0 Å². The predicted octanol–water partition coefficient (Wildman–Crippen LogP) is 2.06. The number of hydrogen-bond donors (Lipinski definition) is 1. The van der Waals surface area contributed by atoms with E-state index < -0.39 is 6.04 Å². The Morgan fingerprint density at radius 3 is 2.95 bits per heavy atom. The molecule has 1 atom stereocenters. The second-order valence-corrected chi connectivity index (χ2v) is 4.67. The number of carbonyl (C=O) groups is 1. The van der Waals surface area contributed by atoms with Gasteiger partial charge in [-0.25, -0.2) is 0 Å². The molecule has 19 heavy (non-hydrogen) atoms. The Morgan fingerprint density at radius 2 is 2.21 bits per heavy atom. The standard InChI is InChI=1S/C13H16ClNO4/c1-17-12(16)7-10(15)8-5-9(14)13-11(6-8)18-3-2-4-19-13/h5-6,10H,2-4,7,15H2,1H3/t10-/m1/s1. The zero-order chi connectivity index (χ0) is 13.8. The average Bonchev–Trinajstić information content (AvgIpc) is 2.63. The summed E-state index contributed by atoms with van der Waals surface area (Å²) in [6, 6.07) is 2.98. The molecule has 0 spiro atoms. The summed E-state index contributed by atoms with van der Waals surface area (Å²) in [6.07, 6.45) is 0.890. The Labute approximate surface area is 116 Å². The minimum Gasteiger partial charge on any atom is -0.489 e. The molecule has 104 valence electrons. The summed E-state index contributed by atoms with van der Waals surface area (Å²) in [7, 11) is 1.33. The predicted molar refractivity (Wildman–Crippen MR) is 70.6 cm³/mol. The van der Waals surface area contributed by atoms with Crippen LogP contribution in [0.15, 0.2) is 12.1 Å². The van der Waals surface area contributed by atoms with Crippen LogP contribution < -0.4 is 15.2 Å². The summed E-state index contributed by atoms with van der Waals surface area (Å²) in [4.78, 5) is 11.2. The van der Waals surface area contributed by atoms with Crippen molar-refractivity contribution in [1.82, 2.24) is 0 Å².